The quantitative estimate of drug-likeness (QED) is 0.366. The maximum absolute atomic E-state index is 13.6. The summed E-state index contributed by atoms with van der Waals surface area (Å²) in [6.07, 6.45) is -10.1. The lowest BCUT2D eigenvalue weighted by Gasteiger charge is -2.17. The third-order valence-electron chi connectivity index (χ3n) is 5.32. The van der Waals surface area contributed by atoms with Crippen molar-refractivity contribution in [2.24, 2.45) is 0 Å². The predicted molar refractivity (Wildman–Crippen MR) is 128 cm³/mol. The van der Waals surface area contributed by atoms with Crippen molar-refractivity contribution in [3.8, 4) is 5.69 Å². The number of benzene rings is 2. The van der Waals surface area contributed by atoms with Gasteiger partial charge in [0.2, 0.25) is 0 Å². The number of alkyl halides is 6. The van der Waals surface area contributed by atoms with E-state index < -0.39 is 48.0 Å². The van der Waals surface area contributed by atoms with E-state index in [4.69, 9.17) is 0 Å². The lowest BCUT2D eigenvalue weighted by atomic mass is 10.1. The van der Waals surface area contributed by atoms with E-state index in [0.717, 1.165) is 0 Å². The van der Waals surface area contributed by atoms with Crippen LogP contribution in [-0.4, -0.2) is 39.7 Å². The summed E-state index contributed by atoms with van der Waals surface area (Å²) in [4.78, 5) is 37.3. The van der Waals surface area contributed by atoms with Gasteiger partial charge in [-0.05, 0) is 44.0 Å². The Hall–Kier alpha value is -4.36. The van der Waals surface area contributed by atoms with Gasteiger partial charge < -0.3 is 16.0 Å². The molecule has 14 heteroatoms. The molecule has 3 rings (SSSR count). The first-order valence-electron chi connectivity index (χ1n) is 11.4. The zero-order chi connectivity index (χ0) is 29.1. The summed E-state index contributed by atoms with van der Waals surface area (Å²) in [6, 6.07) is 10.1. The van der Waals surface area contributed by atoms with Crippen LogP contribution in [0.25, 0.3) is 5.69 Å². The summed E-state index contributed by atoms with van der Waals surface area (Å²) in [6.45, 7) is 4.31. The molecule has 3 amide bonds. The van der Waals surface area contributed by atoms with Crippen molar-refractivity contribution in [2.45, 2.75) is 45.7 Å². The van der Waals surface area contributed by atoms with E-state index in [1.807, 2.05) is 0 Å². The SMILES string of the molecule is Cc1cccc(C(=O)NC(C)C)c1NC(=O)c1cc(C(F)(F)F)nn1-c1ccccc1CNC(=O)C(F)(F)F. The second-order valence-corrected chi connectivity index (χ2v) is 8.71. The molecule has 0 saturated carbocycles. The summed E-state index contributed by atoms with van der Waals surface area (Å²) >= 11 is 0. The van der Waals surface area contributed by atoms with Gasteiger partial charge in [0, 0.05) is 18.7 Å². The molecule has 0 bridgehead atoms. The molecular formula is C25H23F6N5O3. The molecule has 0 fully saturated rings. The van der Waals surface area contributed by atoms with E-state index in [-0.39, 0.29) is 28.5 Å². The molecule has 2 aromatic carbocycles. The average molecular weight is 555 g/mol. The number of aromatic nitrogens is 2. The van der Waals surface area contributed by atoms with Crippen LogP contribution in [0.5, 0.6) is 0 Å². The van der Waals surface area contributed by atoms with Crippen molar-refractivity contribution in [1.29, 1.82) is 0 Å². The topological polar surface area (TPSA) is 105 Å². The highest BCUT2D eigenvalue weighted by atomic mass is 19.4. The molecule has 0 spiro atoms. The Kier molecular flexibility index (Phi) is 8.36. The van der Waals surface area contributed by atoms with E-state index in [1.54, 1.807) is 38.2 Å². The number of nitrogens with one attached hydrogen (secondary N) is 3. The van der Waals surface area contributed by atoms with E-state index >= 15 is 0 Å². The Morgan fingerprint density at radius 1 is 0.949 bits per heavy atom. The molecule has 0 atom stereocenters. The highest BCUT2D eigenvalue weighted by Crippen LogP contribution is 2.31. The van der Waals surface area contributed by atoms with Crippen molar-refractivity contribution >= 4 is 23.4 Å². The predicted octanol–water partition coefficient (Wildman–Crippen LogP) is 4.77. The normalized spacial score (nSPS) is 11.8. The van der Waals surface area contributed by atoms with Crippen LogP contribution < -0.4 is 16.0 Å². The number of halogens is 6. The van der Waals surface area contributed by atoms with E-state index in [0.29, 0.717) is 16.3 Å². The van der Waals surface area contributed by atoms with Crippen LogP contribution in [0.3, 0.4) is 0 Å². The summed E-state index contributed by atoms with van der Waals surface area (Å²) in [7, 11) is 0. The van der Waals surface area contributed by atoms with Crippen molar-refractivity contribution in [3.63, 3.8) is 0 Å². The Morgan fingerprint density at radius 2 is 1.62 bits per heavy atom. The van der Waals surface area contributed by atoms with Crippen LogP contribution in [0.4, 0.5) is 32.0 Å². The molecule has 0 aliphatic carbocycles. The van der Waals surface area contributed by atoms with Crippen molar-refractivity contribution < 1.29 is 40.7 Å². The molecule has 3 aromatic rings. The highest BCUT2D eigenvalue weighted by Gasteiger charge is 2.39. The largest absolute Gasteiger partial charge is 0.471 e. The Balaban J connectivity index is 2.06. The van der Waals surface area contributed by atoms with Gasteiger partial charge in [-0.1, -0.05) is 30.3 Å². The molecule has 1 aromatic heterocycles. The molecule has 1 heterocycles. The van der Waals surface area contributed by atoms with Gasteiger partial charge in [-0.15, -0.1) is 0 Å². The molecule has 0 aliphatic heterocycles. The van der Waals surface area contributed by atoms with Crippen molar-refractivity contribution in [3.05, 3.63) is 76.6 Å². The summed E-state index contributed by atoms with van der Waals surface area (Å²) < 4.78 is 79.3. The fraction of sp³-hybridized carbons (Fsp3) is 0.280. The molecule has 39 heavy (non-hydrogen) atoms. The van der Waals surface area contributed by atoms with Crippen LogP contribution in [0.1, 0.15) is 51.5 Å². The zero-order valence-electron chi connectivity index (χ0n) is 20.8. The molecular weight excluding hydrogens is 532 g/mol. The number of amides is 3. The molecule has 0 radical (unpaired) electrons. The summed E-state index contributed by atoms with van der Waals surface area (Å²) in [5.41, 5.74) is -1.73. The van der Waals surface area contributed by atoms with Gasteiger partial charge in [-0.25, -0.2) is 4.68 Å². The van der Waals surface area contributed by atoms with E-state index in [1.165, 1.54) is 30.3 Å². The van der Waals surface area contributed by atoms with Gasteiger partial charge >= 0.3 is 18.3 Å². The minimum absolute atomic E-state index is 0.0473. The molecule has 208 valence electrons. The Morgan fingerprint density at radius 3 is 2.23 bits per heavy atom. The lowest BCUT2D eigenvalue weighted by Crippen LogP contribution is -2.36. The standard InChI is InChI=1S/C25H23F6N5O3/c1-13(2)33-21(37)16-9-6-7-14(3)20(16)34-22(38)18-11-19(24(26,27)28)35-36(18)17-10-5-4-8-15(17)12-32-23(39)25(29,30)31/h4-11,13H,12H2,1-3H3,(H,32,39)(H,33,37)(H,34,38). The molecule has 0 unspecified atom stereocenters. The first-order chi connectivity index (χ1) is 18.1. The number of carbonyl (C=O) groups is 3. The monoisotopic (exact) mass is 555 g/mol. The Labute approximate surface area is 218 Å². The van der Waals surface area contributed by atoms with Crippen LogP contribution in [0.15, 0.2) is 48.5 Å². The maximum Gasteiger partial charge on any atom is 0.471 e. The van der Waals surface area contributed by atoms with Gasteiger partial charge in [-0.2, -0.15) is 31.4 Å². The van der Waals surface area contributed by atoms with E-state index in [2.05, 4.69) is 15.7 Å². The third-order valence-corrected chi connectivity index (χ3v) is 5.32. The van der Waals surface area contributed by atoms with Crippen LogP contribution in [0.2, 0.25) is 0 Å². The first kappa shape index (κ1) is 29.2. The van der Waals surface area contributed by atoms with Crippen LogP contribution in [0, 0.1) is 6.92 Å². The highest BCUT2D eigenvalue weighted by molar-refractivity contribution is 6.09. The first-order valence-corrected chi connectivity index (χ1v) is 11.4. The van der Waals surface area contributed by atoms with E-state index in [9.17, 15) is 40.7 Å². The number of carbonyl (C=O) groups excluding carboxylic acids is 3. The number of rotatable bonds is 7. The minimum atomic E-state index is -5.18. The zero-order valence-corrected chi connectivity index (χ0v) is 20.8. The second-order valence-electron chi connectivity index (χ2n) is 8.71. The number of anilines is 1. The molecule has 3 N–H and O–H groups in total. The molecule has 0 aliphatic rings. The summed E-state index contributed by atoms with van der Waals surface area (Å²) in [5, 5.41) is 10.3. The van der Waals surface area contributed by atoms with Gasteiger partial charge in [0.25, 0.3) is 11.8 Å². The lowest BCUT2D eigenvalue weighted by molar-refractivity contribution is -0.173. The number of aryl methyl sites for hydroxylation is 1. The van der Waals surface area contributed by atoms with Crippen molar-refractivity contribution in [2.75, 3.05) is 5.32 Å². The summed E-state index contributed by atoms with van der Waals surface area (Å²) in [5.74, 6) is -3.85. The smallest absolute Gasteiger partial charge is 0.350 e. The maximum atomic E-state index is 13.6. The van der Waals surface area contributed by atoms with Gasteiger partial charge in [0.05, 0.1) is 16.9 Å². The van der Waals surface area contributed by atoms with Gasteiger partial charge in [-0.3, -0.25) is 14.4 Å². The number of nitrogens with zero attached hydrogens (tertiary/aromatic N) is 2. The van der Waals surface area contributed by atoms with Gasteiger partial charge in [0.1, 0.15) is 5.69 Å². The fourth-order valence-corrected chi connectivity index (χ4v) is 3.55. The number of hydrogen-bond acceptors (Lipinski definition) is 4. The van der Waals surface area contributed by atoms with Crippen LogP contribution >= 0.6 is 0 Å². The fourth-order valence-electron chi connectivity index (χ4n) is 3.55. The van der Waals surface area contributed by atoms with Crippen LogP contribution in [-0.2, 0) is 17.5 Å². The van der Waals surface area contributed by atoms with Crippen molar-refractivity contribution in [1.82, 2.24) is 20.4 Å². The molecule has 0 saturated heterocycles. The van der Waals surface area contributed by atoms with Gasteiger partial charge in [0.15, 0.2) is 5.69 Å². The Bertz CT molecular complexity index is 1400. The number of para-hydroxylation sites is 2. The second kappa shape index (κ2) is 11.2. The average Bonchev–Trinajstić information content (AvgIpc) is 3.29. The number of hydrogen-bond donors (Lipinski definition) is 3. The third kappa shape index (κ3) is 6.94. The molecule has 8 nitrogen and oxygen atoms in total. The minimum Gasteiger partial charge on any atom is -0.350 e.